The number of carbonyl (C=O) groups is 2. The summed E-state index contributed by atoms with van der Waals surface area (Å²) < 4.78 is 38.2. The molecule has 2 heterocycles. The predicted molar refractivity (Wildman–Crippen MR) is 73.3 cm³/mol. The van der Waals surface area contributed by atoms with E-state index >= 15 is 0 Å². The largest absolute Gasteiger partial charge is 0.417 e. The molecule has 23 heavy (non-hydrogen) atoms. The first-order chi connectivity index (χ1) is 10.6. The number of hydrogen-bond donors (Lipinski definition) is 2. The third-order valence-electron chi connectivity index (χ3n) is 4.55. The quantitative estimate of drug-likeness (QED) is 0.758. The summed E-state index contributed by atoms with van der Waals surface area (Å²) in [6, 6.07) is 0. The number of halogens is 3. The van der Waals surface area contributed by atoms with Crippen LogP contribution in [0, 0.1) is 0 Å². The molecule has 2 N–H and O–H groups in total. The molecule has 0 aromatic heterocycles. The molecule has 2 aliphatic rings. The summed E-state index contributed by atoms with van der Waals surface area (Å²) in [7, 11) is 0. The highest BCUT2D eigenvalue weighted by Crippen LogP contribution is 2.38. The van der Waals surface area contributed by atoms with Crippen LogP contribution in [0.4, 0.5) is 13.2 Å². The van der Waals surface area contributed by atoms with Crippen molar-refractivity contribution >= 4 is 11.8 Å². The Hall–Kier alpha value is -1.35. The zero-order valence-corrected chi connectivity index (χ0v) is 12.7. The zero-order chi connectivity index (χ0) is 17.3. The van der Waals surface area contributed by atoms with E-state index in [9.17, 15) is 33.0 Å². The van der Waals surface area contributed by atoms with Crippen molar-refractivity contribution in [2.24, 2.45) is 0 Å². The number of amides is 2. The second-order valence-electron chi connectivity index (χ2n) is 6.18. The molecule has 0 radical (unpaired) electrons. The van der Waals surface area contributed by atoms with Crippen molar-refractivity contribution in [3.05, 3.63) is 0 Å². The van der Waals surface area contributed by atoms with E-state index in [0.717, 1.165) is 0 Å². The number of rotatable bonds is 2. The standard InChI is InChI=1S/C14H21F3N2O4/c15-14(16,17)13(23)4-7-18(8-5-13)11(21)9-19-6-2-1-3-10(20)12(19)22/h10,20,23H,1-9H2. The molecule has 132 valence electrons. The average Bonchev–Trinajstić information content (AvgIpc) is 2.62. The van der Waals surface area contributed by atoms with Gasteiger partial charge in [-0.1, -0.05) is 0 Å². The molecule has 2 fully saturated rings. The van der Waals surface area contributed by atoms with Gasteiger partial charge in [-0.3, -0.25) is 9.59 Å². The number of likely N-dealkylation sites (tertiary alicyclic amines) is 2. The van der Waals surface area contributed by atoms with Gasteiger partial charge in [-0.25, -0.2) is 0 Å². The van der Waals surface area contributed by atoms with Gasteiger partial charge in [-0.2, -0.15) is 13.2 Å². The van der Waals surface area contributed by atoms with Crippen LogP contribution in [0.1, 0.15) is 32.1 Å². The summed E-state index contributed by atoms with van der Waals surface area (Å²) in [4.78, 5) is 26.6. The fraction of sp³-hybridized carbons (Fsp3) is 0.857. The maximum Gasteiger partial charge on any atom is 0.417 e. The van der Waals surface area contributed by atoms with Crippen LogP contribution in [0.3, 0.4) is 0 Å². The molecule has 0 spiro atoms. The van der Waals surface area contributed by atoms with Gasteiger partial charge < -0.3 is 20.0 Å². The summed E-state index contributed by atoms with van der Waals surface area (Å²) in [5, 5.41) is 19.2. The van der Waals surface area contributed by atoms with Crippen molar-refractivity contribution in [1.82, 2.24) is 9.80 Å². The first-order valence-electron chi connectivity index (χ1n) is 7.68. The summed E-state index contributed by atoms with van der Waals surface area (Å²) in [6.07, 6.45) is -5.28. The van der Waals surface area contributed by atoms with E-state index in [1.165, 1.54) is 9.80 Å². The van der Waals surface area contributed by atoms with Crippen LogP contribution in [0.2, 0.25) is 0 Å². The van der Waals surface area contributed by atoms with Crippen LogP contribution < -0.4 is 0 Å². The fourth-order valence-corrected chi connectivity index (χ4v) is 2.91. The van der Waals surface area contributed by atoms with Crippen LogP contribution in [0.25, 0.3) is 0 Å². The van der Waals surface area contributed by atoms with Gasteiger partial charge in [0.1, 0.15) is 6.10 Å². The number of nitrogens with zero attached hydrogens (tertiary/aromatic N) is 2. The Morgan fingerprint density at radius 3 is 2.39 bits per heavy atom. The van der Waals surface area contributed by atoms with E-state index in [-0.39, 0.29) is 19.6 Å². The predicted octanol–water partition coefficient (Wildman–Crippen LogP) is 0.276. The smallest absolute Gasteiger partial charge is 0.383 e. The van der Waals surface area contributed by atoms with E-state index < -0.39 is 42.5 Å². The minimum Gasteiger partial charge on any atom is -0.383 e. The molecule has 0 saturated carbocycles. The minimum absolute atomic E-state index is 0.209. The lowest BCUT2D eigenvalue weighted by Gasteiger charge is -2.39. The summed E-state index contributed by atoms with van der Waals surface area (Å²) in [6.45, 7) is -0.318. The third-order valence-corrected chi connectivity index (χ3v) is 4.55. The lowest BCUT2D eigenvalue weighted by molar-refractivity contribution is -0.272. The van der Waals surface area contributed by atoms with Crippen LogP contribution in [0.5, 0.6) is 0 Å². The molecule has 2 aliphatic heterocycles. The number of alkyl halides is 3. The molecule has 0 bridgehead atoms. The number of hydrogen-bond acceptors (Lipinski definition) is 4. The van der Waals surface area contributed by atoms with E-state index in [1.54, 1.807) is 0 Å². The molecule has 0 aliphatic carbocycles. The molecular weight excluding hydrogens is 317 g/mol. The first-order valence-corrected chi connectivity index (χ1v) is 7.68. The maximum atomic E-state index is 12.7. The summed E-state index contributed by atoms with van der Waals surface area (Å²) >= 11 is 0. The molecule has 1 atom stereocenters. The van der Waals surface area contributed by atoms with E-state index in [1.807, 2.05) is 0 Å². The van der Waals surface area contributed by atoms with Crippen molar-refractivity contribution < 1.29 is 33.0 Å². The van der Waals surface area contributed by atoms with Gasteiger partial charge >= 0.3 is 6.18 Å². The molecule has 0 aromatic carbocycles. The zero-order valence-electron chi connectivity index (χ0n) is 12.7. The molecule has 2 saturated heterocycles. The molecule has 6 nitrogen and oxygen atoms in total. The number of piperidine rings is 1. The lowest BCUT2D eigenvalue weighted by atomic mass is 9.91. The molecule has 9 heteroatoms. The Morgan fingerprint density at radius 1 is 1.22 bits per heavy atom. The van der Waals surface area contributed by atoms with E-state index in [0.29, 0.717) is 25.8 Å². The number of aliphatic hydroxyl groups is 2. The minimum atomic E-state index is -4.72. The van der Waals surface area contributed by atoms with Crippen molar-refractivity contribution in [1.29, 1.82) is 0 Å². The van der Waals surface area contributed by atoms with Crippen LogP contribution >= 0.6 is 0 Å². The Kier molecular flexibility index (Phi) is 5.20. The van der Waals surface area contributed by atoms with Crippen LogP contribution in [-0.2, 0) is 9.59 Å². The first kappa shape index (κ1) is 18.0. The van der Waals surface area contributed by atoms with Gasteiger partial charge in [0.25, 0.3) is 5.91 Å². The van der Waals surface area contributed by atoms with Crippen LogP contribution in [0.15, 0.2) is 0 Å². The van der Waals surface area contributed by atoms with Gasteiger partial charge in [0.2, 0.25) is 5.91 Å². The van der Waals surface area contributed by atoms with Crippen molar-refractivity contribution in [3.63, 3.8) is 0 Å². The highest BCUT2D eigenvalue weighted by Gasteiger charge is 2.54. The Morgan fingerprint density at radius 2 is 1.83 bits per heavy atom. The highest BCUT2D eigenvalue weighted by atomic mass is 19.4. The number of carbonyl (C=O) groups excluding carboxylic acids is 2. The topological polar surface area (TPSA) is 81.1 Å². The Bertz CT molecular complexity index is 461. The van der Waals surface area contributed by atoms with Gasteiger partial charge in [-0.05, 0) is 19.3 Å². The van der Waals surface area contributed by atoms with Gasteiger partial charge in [0, 0.05) is 32.5 Å². The highest BCUT2D eigenvalue weighted by molar-refractivity contribution is 5.87. The van der Waals surface area contributed by atoms with Crippen molar-refractivity contribution in [3.8, 4) is 0 Å². The van der Waals surface area contributed by atoms with Crippen molar-refractivity contribution in [2.45, 2.75) is 50.0 Å². The van der Waals surface area contributed by atoms with Crippen molar-refractivity contribution in [2.75, 3.05) is 26.2 Å². The second-order valence-corrected chi connectivity index (χ2v) is 6.18. The average molecular weight is 338 g/mol. The Balaban J connectivity index is 1.91. The number of aliphatic hydroxyl groups excluding tert-OH is 1. The van der Waals surface area contributed by atoms with E-state index in [2.05, 4.69) is 0 Å². The second kappa shape index (κ2) is 6.64. The van der Waals surface area contributed by atoms with E-state index in [4.69, 9.17) is 0 Å². The molecule has 2 amide bonds. The lowest BCUT2D eigenvalue weighted by Crippen LogP contribution is -2.56. The molecule has 0 aromatic rings. The monoisotopic (exact) mass is 338 g/mol. The van der Waals surface area contributed by atoms with Gasteiger partial charge in [0.15, 0.2) is 5.60 Å². The van der Waals surface area contributed by atoms with Crippen LogP contribution in [-0.4, -0.2) is 75.9 Å². The summed E-state index contributed by atoms with van der Waals surface area (Å²) in [5.74, 6) is -0.976. The molecule has 1 unspecified atom stereocenters. The molecule has 2 rings (SSSR count). The fourth-order valence-electron chi connectivity index (χ4n) is 2.91. The summed E-state index contributed by atoms with van der Waals surface area (Å²) in [5.41, 5.74) is -2.75. The third kappa shape index (κ3) is 3.95. The maximum absolute atomic E-state index is 12.7. The normalized spacial score (nSPS) is 26.1. The SMILES string of the molecule is O=C(CN1CCCCC(O)C1=O)N1CCC(O)(C(F)(F)F)CC1. The van der Waals surface area contributed by atoms with Gasteiger partial charge in [0.05, 0.1) is 6.54 Å². The molecular formula is C14H21F3N2O4. The van der Waals surface area contributed by atoms with Gasteiger partial charge in [-0.15, -0.1) is 0 Å². The Labute approximate surface area is 131 Å².